The van der Waals surface area contributed by atoms with Gasteiger partial charge in [-0.2, -0.15) is 0 Å². The third-order valence-corrected chi connectivity index (χ3v) is 3.98. The van der Waals surface area contributed by atoms with E-state index >= 15 is 0 Å². The van der Waals surface area contributed by atoms with E-state index in [-0.39, 0.29) is 6.61 Å². The molecule has 0 aliphatic rings. The summed E-state index contributed by atoms with van der Waals surface area (Å²) in [5.41, 5.74) is 5.58. The van der Waals surface area contributed by atoms with Crippen molar-refractivity contribution in [3.8, 4) is 0 Å². The largest absolute Gasteiger partial charge is 0.396 e. The fourth-order valence-corrected chi connectivity index (χ4v) is 2.62. The van der Waals surface area contributed by atoms with Gasteiger partial charge in [-0.25, -0.2) is 0 Å². The second-order valence-electron chi connectivity index (χ2n) is 6.02. The van der Waals surface area contributed by atoms with Crippen molar-refractivity contribution in [1.29, 1.82) is 0 Å². The minimum atomic E-state index is 0.271. The predicted octanol–water partition coefficient (Wildman–Crippen LogP) is 3.01. The number of hydrogen-bond donors (Lipinski definition) is 2. The summed E-state index contributed by atoms with van der Waals surface area (Å²) in [4.78, 5) is 0. The van der Waals surface area contributed by atoms with Crippen molar-refractivity contribution in [1.82, 2.24) is 5.32 Å². The van der Waals surface area contributed by atoms with Gasteiger partial charge in [-0.1, -0.05) is 31.5 Å². The van der Waals surface area contributed by atoms with Gasteiger partial charge >= 0.3 is 0 Å². The van der Waals surface area contributed by atoms with Crippen molar-refractivity contribution in [2.45, 2.75) is 41.0 Å². The molecule has 1 aromatic carbocycles. The highest BCUT2D eigenvalue weighted by atomic mass is 16.3. The first-order valence-corrected chi connectivity index (χ1v) is 7.34. The summed E-state index contributed by atoms with van der Waals surface area (Å²) < 4.78 is 0. The molecule has 0 amide bonds. The Kier molecular flexibility index (Phi) is 6.53. The maximum Gasteiger partial charge on any atom is 0.0473 e. The Morgan fingerprint density at radius 3 is 2.16 bits per heavy atom. The van der Waals surface area contributed by atoms with Gasteiger partial charge in [-0.15, -0.1) is 0 Å². The van der Waals surface area contributed by atoms with E-state index in [1.807, 2.05) is 0 Å². The van der Waals surface area contributed by atoms with Gasteiger partial charge in [0, 0.05) is 13.2 Å². The zero-order valence-electron chi connectivity index (χ0n) is 13.1. The van der Waals surface area contributed by atoms with E-state index in [1.54, 1.807) is 0 Å². The number of aryl methyl sites for hydroxylation is 3. The third-order valence-electron chi connectivity index (χ3n) is 3.98. The van der Waals surface area contributed by atoms with E-state index in [1.165, 1.54) is 22.3 Å². The molecular weight excluding hydrogens is 234 g/mol. The monoisotopic (exact) mass is 263 g/mol. The summed E-state index contributed by atoms with van der Waals surface area (Å²) in [6, 6.07) is 4.51. The van der Waals surface area contributed by atoms with Crippen LogP contribution in [0.4, 0.5) is 0 Å². The second-order valence-corrected chi connectivity index (χ2v) is 6.02. The zero-order valence-corrected chi connectivity index (χ0v) is 13.1. The van der Waals surface area contributed by atoms with E-state index in [4.69, 9.17) is 0 Å². The van der Waals surface area contributed by atoms with Crippen LogP contribution in [0.3, 0.4) is 0 Å². The molecule has 0 heterocycles. The molecule has 1 unspecified atom stereocenters. The molecule has 0 aliphatic heterocycles. The smallest absolute Gasteiger partial charge is 0.0473 e. The average molecular weight is 263 g/mol. The number of aliphatic hydroxyl groups is 1. The van der Waals surface area contributed by atoms with Gasteiger partial charge in [0.2, 0.25) is 0 Å². The fraction of sp³-hybridized carbons (Fsp3) is 0.647. The van der Waals surface area contributed by atoms with Crippen LogP contribution >= 0.6 is 0 Å². The summed E-state index contributed by atoms with van der Waals surface area (Å²) in [6.45, 7) is 13.0. The van der Waals surface area contributed by atoms with Gasteiger partial charge < -0.3 is 10.4 Å². The highest BCUT2D eigenvalue weighted by Gasteiger charge is 2.11. The summed E-state index contributed by atoms with van der Waals surface area (Å²) >= 11 is 0. The van der Waals surface area contributed by atoms with Gasteiger partial charge in [-0.3, -0.25) is 0 Å². The van der Waals surface area contributed by atoms with Gasteiger partial charge in [-0.05, 0) is 62.3 Å². The van der Waals surface area contributed by atoms with Crippen LogP contribution in [-0.2, 0) is 6.42 Å². The molecule has 1 aromatic rings. The highest BCUT2D eigenvalue weighted by Crippen LogP contribution is 2.16. The molecule has 108 valence electrons. The molecule has 0 bridgehead atoms. The number of aliphatic hydroxyl groups excluding tert-OH is 1. The van der Waals surface area contributed by atoms with Crippen LogP contribution in [0, 0.1) is 32.6 Å². The highest BCUT2D eigenvalue weighted by molar-refractivity contribution is 5.37. The standard InChI is InChI=1S/C17H29NO/c1-12(2)16(11-19)10-18-7-6-17-14(4)8-13(3)9-15(17)5/h8-9,12,16,18-19H,6-7,10-11H2,1-5H3. The van der Waals surface area contributed by atoms with Crippen LogP contribution in [0.15, 0.2) is 12.1 Å². The molecule has 0 spiro atoms. The molecule has 0 aromatic heterocycles. The van der Waals surface area contributed by atoms with Crippen LogP contribution in [0.5, 0.6) is 0 Å². The Morgan fingerprint density at radius 2 is 1.68 bits per heavy atom. The van der Waals surface area contributed by atoms with Crippen molar-refractivity contribution in [2.24, 2.45) is 11.8 Å². The van der Waals surface area contributed by atoms with E-state index in [2.05, 4.69) is 52.1 Å². The molecule has 0 saturated carbocycles. The van der Waals surface area contributed by atoms with Crippen LogP contribution < -0.4 is 5.32 Å². The Balaban J connectivity index is 2.46. The lowest BCUT2D eigenvalue weighted by atomic mass is 9.96. The molecule has 0 aliphatic carbocycles. The van der Waals surface area contributed by atoms with E-state index in [0.717, 1.165) is 19.5 Å². The molecule has 19 heavy (non-hydrogen) atoms. The van der Waals surface area contributed by atoms with Crippen molar-refractivity contribution in [3.05, 3.63) is 34.4 Å². The molecule has 1 atom stereocenters. The Labute approximate surface area is 118 Å². The van der Waals surface area contributed by atoms with Crippen molar-refractivity contribution < 1.29 is 5.11 Å². The Morgan fingerprint density at radius 1 is 1.11 bits per heavy atom. The maximum atomic E-state index is 9.29. The molecule has 1 rings (SSSR count). The lowest BCUT2D eigenvalue weighted by Gasteiger charge is -2.19. The van der Waals surface area contributed by atoms with Crippen molar-refractivity contribution >= 4 is 0 Å². The predicted molar refractivity (Wildman–Crippen MR) is 82.6 cm³/mol. The number of rotatable bonds is 7. The average Bonchev–Trinajstić information content (AvgIpc) is 2.31. The molecule has 2 N–H and O–H groups in total. The van der Waals surface area contributed by atoms with Crippen LogP contribution in [0.1, 0.15) is 36.1 Å². The second kappa shape index (κ2) is 7.66. The first kappa shape index (κ1) is 16.2. The van der Waals surface area contributed by atoms with Gasteiger partial charge in [0.1, 0.15) is 0 Å². The topological polar surface area (TPSA) is 32.3 Å². The third kappa shape index (κ3) is 4.96. The minimum Gasteiger partial charge on any atom is -0.396 e. The molecule has 0 saturated heterocycles. The molecule has 2 heteroatoms. The van der Waals surface area contributed by atoms with Gasteiger partial charge in [0.25, 0.3) is 0 Å². The normalized spacial score (nSPS) is 13.0. The zero-order chi connectivity index (χ0) is 14.4. The summed E-state index contributed by atoms with van der Waals surface area (Å²) in [7, 11) is 0. The van der Waals surface area contributed by atoms with Gasteiger partial charge in [0.05, 0.1) is 0 Å². The first-order valence-electron chi connectivity index (χ1n) is 7.34. The molecular formula is C17H29NO. The lowest BCUT2D eigenvalue weighted by molar-refractivity contribution is 0.186. The summed E-state index contributed by atoms with van der Waals surface area (Å²) in [6.07, 6.45) is 1.06. The van der Waals surface area contributed by atoms with Crippen LogP contribution in [0.25, 0.3) is 0 Å². The quantitative estimate of drug-likeness (QED) is 0.741. The minimum absolute atomic E-state index is 0.271. The SMILES string of the molecule is Cc1cc(C)c(CCNCC(CO)C(C)C)c(C)c1. The Hall–Kier alpha value is -0.860. The lowest BCUT2D eigenvalue weighted by Crippen LogP contribution is -2.30. The van der Waals surface area contributed by atoms with E-state index < -0.39 is 0 Å². The summed E-state index contributed by atoms with van der Waals surface area (Å²) in [5.74, 6) is 0.889. The number of hydrogen-bond acceptors (Lipinski definition) is 2. The molecule has 2 nitrogen and oxygen atoms in total. The van der Waals surface area contributed by atoms with Crippen molar-refractivity contribution in [2.75, 3.05) is 19.7 Å². The number of benzene rings is 1. The van der Waals surface area contributed by atoms with E-state index in [0.29, 0.717) is 11.8 Å². The van der Waals surface area contributed by atoms with Gasteiger partial charge in [0.15, 0.2) is 0 Å². The van der Waals surface area contributed by atoms with Crippen LogP contribution in [-0.4, -0.2) is 24.8 Å². The first-order chi connectivity index (χ1) is 8.95. The number of nitrogens with one attached hydrogen (secondary N) is 1. The summed E-state index contributed by atoms with van der Waals surface area (Å²) in [5, 5.41) is 12.8. The Bertz CT molecular complexity index is 375. The van der Waals surface area contributed by atoms with Crippen molar-refractivity contribution in [3.63, 3.8) is 0 Å². The fourth-order valence-electron chi connectivity index (χ4n) is 2.62. The van der Waals surface area contributed by atoms with E-state index in [9.17, 15) is 5.11 Å². The maximum absolute atomic E-state index is 9.29. The van der Waals surface area contributed by atoms with Crippen LogP contribution in [0.2, 0.25) is 0 Å². The molecule has 0 fully saturated rings. The molecule has 0 radical (unpaired) electrons.